The van der Waals surface area contributed by atoms with E-state index in [1.54, 1.807) is 17.5 Å². The Hall–Kier alpha value is -1.46. The van der Waals surface area contributed by atoms with Crippen LogP contribution in [-0.2, 0) is 13.1 Å². The van der Waals surface area contributed by atoms with Gasteiger partial charge in [-0.2, -0.15) is 0 Å². The number of nitrogens with one attached hydrogen (secondary N) is 1. The van der Waals surface area contributed by atoms with Gasteiger partial charge in [0.15, 0.2) is 5.13 Å². The van der Waals surface area contributed by atoms with Crippen molar-refractivity contribution in [1.29, 1.82) is 0 Å². The maximum absolute atomic E-state index is 4.41. The summed E-state index contributed by atoms with van der Waals surface area (Å²) in [5.41, 5.74) is 1.19. The second kappa shape index (κ2) is 5.75. The molecule has 0 spiro atoms. The number of hydrogen-bond acceptors (Lipinski definition) is 5. The van der Waals surface area contributed by atoms with Crippen LogP contribution in [-0.4, -0.2) is 24.1 Å². The van der Waals surface area contributed by atoms with Crippen molar-refractivity contribution in [2.75, 3.05) is 19.0 Å². The second-order valence-electron chi connectivity index (χ2n) is 3.86. The molecule has 17 heavy (non-hydrogen) atoms. The molecule has 2 heterocycles. The SMILES string of the molecule is CNCc1cnc(N(C)Cc2cccnc2)s1. The number of anilines is 1. The summed E-state index contributed by atoms with van der Waals surface area (Å²) in [5.74, 6) is 0. The molecule has 0 atom stereocenters. The molecule has 0 amide bonds. The molecule has 0 aliphatic heterocycles. The summed E-state index contributed by atoms with van der Waals surface area (Å²) >= 11 is 1.72. The lowest BCUT2D eigenvalue weighted by atomic mass is 10.3. The van der Waals surface area contributed by atoms with Crippen molar-refractivity contribution < 1.29 is 0 Å². The maximum Gasteiger partial charge on any atom is 0.185 e. The van der Waals surface area contributed by atoms with Crippen molar-refractivity contribution in [2.24, 2.45) is 0 Å². The second-order valence-corrected chi connectivity index (χ2v) is 4.95. The highest BCUT2D eigenvalue weighted by Gasteiger charge is 2.07. The first kappa shape index (κ1) is 12.0. The van der Waals surface area contributed by atoms with Gasteiger partial charge in [-0.15, -0.1) is 11.3 Å². The van der Waals surface area contributed by atoms with Gasteiger partial charge in [-0.3, -0.25) is 4.98 Å². The molecule has 0 saturated carbocycles. The normalized spacial score (nSPS) is 10.5. The Labute approximate surface area is 105 Å². The number of thiazole rings is 1. The van der Waals surface area contributed by atoms with E-state index in [0.29, 0.717) is 0 Å². The van der Waals surface area contributed by atoms with Gasteiger partial charge in [0.1, 0.15) is 0 Å². The van der Waals surface area contributed by atoms with Gasteiger partial charge < -0.3 is 10.2 Å². The Bertz CT molecular complexity index is 455. The lowest BCUT2D eigenvalue weighted by Crippen LogP contribution is -2.15. The topological polar surface area (TPSA) is 41.1 Å². The predicted octanol–water partition coefficient (Wildman–Crippen LogP) is 1.89. The summed E-state index contributed by atoms with van der Waals surface area (Å²) in [6.45, 7) is 1.71. The van der Waals surface area contributed by atoms with Gasteiger partial charge in [-0.25, -0.2) is 4.98 Å². The summed E-state index contributed by atoms with van der Waals surface area (Å²) in [5, 5.41) is 4.17. The molecule has 4 nitrogen and oxygen atoms in total. The van der Waals surface area contributed by atoms with Crippen molar-refractivity contribution in [1.82, 2.24) is 15.3 Å². The van der Waals surface area contributed by atoms with Crippen LogP contribution in [0.4, 0.5) is 5.13 Å². The van der Waals surface area contributed by atoms with Crippen LogP contribution in [0.1, 0.15) is 10.4 Å². The molecule has 0 aliphatic carbocycles. The van der Waals surface area contributed by atoms with Crippen molar-refractivity contribution in [3.8, 4) is 0 Å². The zero-order valence-electron chi connectivity index (χ0n) is 10.1. The highest BCUT2D eigenvalue weighted by molar-refractivity contribution is 7.15. The average Bonchev–Trinajstić information content (AvgIpc) is 2.79. The van der Waals surface area contributed by atoms with E-state index >= 15 is 0 Å². The summed E-state index contributed by atoms with van der Waals surface area (Å²) in [4.78, 5) is 11.9. The van der Waals surface area contributed by atoms with Gasteiger partial charge in [0.25, 0.3) is 0 Å². The molecule has 0 aromatic carbocycles. The Morgan fingerprint density at radius 3 is 3.00 bits per heavy atom. The van der Waals surface area contributed by atoms with Crippen molar-refractivity contribution in [2.45, 2.75) is 13.1 Å². The summed E-state index contributed by atoms with van der Waals surface area (Å²) in [6.07, 6.45) is 5.60. The molecule has 2 rings (SSSR count). The highest BCUT2D eigenvalue weighted by Crippen LogP contribution is 2.22. The summed E-state index contributed by atoms with van der Waals surface area (Å²) in [6, 6.07) is 4.03. The monoisotopic (exact) mass is 248 g/mol. The number of rotatable bonds is 5. The number of pyridine rings is 1. The fourth-order valence-electron chi connectivity index (χ4n) is 1.56. The van der Waals surface area contributed by atoms with Crippen molar-refractivity contribution in [3.63, 3.8) is 0 Å². The molecule has 5 heteroatoms. The Morgan fingerprint density at radius 1 is 1.41 bits per heavy atom. The largest absolute Gasteiger partial charge is 0.347 e. The van der Waals surface area contributed by atoms with Gasteiger partial charge in [0, 0.05) is 43.6 Å². The first-order valence-corrected chi connectivity index (χ1v) is 6.30. The van der Waals surface area contributed by atoms with Gasteiger partial charge in [0.05, 0.1) is 0 Å². The minimum atomic E-state index is 0.834. The van der Waals surface area contributed by atoms with Gasteiger partial charge in [-0.05, 0) is 18.7 Å². The fourth-order valence-corrected chi connectivity index (χ4v) is 2.44. The molecule has 1 N–H and O–H groups in total. The van der Waals surface area contributed by atoms with Crippen LogP contribution in [0.25, 0.3) is 0 Å². The first-order valence-electron chi connectivity index (χ1n) is 5.49. The molecule has 0 aliphatic rings. The van der Waals surface area contributed by atoms with Crippen LogP contribution >= 0.6 is 11.3 Å². The quantitative estimate of drug-likeness (QED) is 0.877. The van der Waals surface area contributed by atoms with E-state index in [1.165, 1.54) is 10.4 Å². The molecular formula is C12H16N4S. The zero-order chi connectivity index (χ0) is 12.1. The highest BCUT2D eigenvalue weighted by atomic mass is 32.1. The van der Waals surface area contributed by atoms with Crippen LogP contribution < -0.4 is 10.2 Å². The molecule has 2 aromatic heterocycles. The summed E-state index contributed by atoms with van der Waals surface area (Å²) < 4.78 is 0. The van der Waals surface area contributed by atoms with Crippen LogP contribution in [0.3, 0.4) is 0 Å². The van der Waals surface area contributed by atoms with E-state index < -0.39 is 0 Å². The Morgan fingerprint density at radius 2 is 2.29 bits per heavy atom. The molecule has 0 unspecified atom stereocenters. The van der Waals surface area contributed by atoms with E-state index in [9.17, 15) is 0 Å². The van der Waals surface area contributed by atoms with Gasteiger partial charge in [0.2, 0.25) is 0 Å². The Balaban J connectivity index is 2.01. The van der Waals surface area contributed by atoms with Crippen LogP contribution in [0, 0.1) is 0 Å². The zero-order valence-corrected chi connectivity index (χ0v) is 10.9. The molecule has 90 valence electrons. The van der Waals surface area contributed by atoms with E-state index in [4.69, 9.17) is 0 Å². The third-order valence-electron chi connectivity index (χ3n) is 2.36. The summed E-state index contributed by atoms with van der Waals surface area (Å²) in [7, 11) is 3.99. The molecule has 0 radical (unpaired) electrons. The average molecular weight is 248 g/mol. The number of nitrogens with zero attached hydrogens (tertiary/aromatic N) is 3. The first-order chi connectivity index (χ1) is 8.29. The van der Waals surface area contributed by atoms with Crippen molar-refractivity contribution in [3.05, 3.63) is 41.2 Å². The number of hydrogen-bond donors (Lipinski definition) is 1. The molecule has 0 bridgehead atoms. The van der Waals surface area contributed by atoms with E-state index in [2.05, 4.69) is 33.3 Å². The number of aromatic nitrogens is 2. The minimum Gasteiger partial charge on any atom is -0.347 e. The van der Waals surface area contributed by atoms with E-state index in [-0.39, 0.29) is 0 Å². The van der Waals surface area contributed by atoms with E-state index in [1.807, 2.05) is 25.5 Å². The predicted molar refractivity (Wildman–Crippen MR) is 71.2 cm³/mol. The van der Waals surface area contributed by atoms with Crippen LogP contribution in [0.2, 0.25) is 0 Å². The minimum absolute atomic E-state index is 0.834. The molecular weight excluding hydrogens is 232 g/mol. The molecule has 0 fully saturated rings. The molecule has 0 saturated heterocycles. The maximum atomic E-state index is 4.41. The smallest absolute Gasteiger partial charge is 0.185 e. The third-order valence-corrected chi connectivity index (χ3v) is 3.47. The lowest BCUT2D eigenvalue weighted by molar-refractivity contribution is 0.829. The van der Waals surface area contributed by atoms with Gasteiger partial charge in [-0.1, -0.05) is 6.07 Å². The van der Waals surface area contributed by atoms with Crippen LogP contribution in [0.5, 0.6) is 0 Å². The van der Waals surface area contributed by atoms with Crippen LogP contribution in [0.15, 0.2) is 30.7 Å². The Kier molecular flexibility index (Phi) is 4.06. The molecule has 2 aromatic rings. The van der Waals surface area contributed by atoms with E-state index in [0.717, 1.165) is 18.2 Å². The van der Waals surface area contributed by atoms with Crippen molar-refractivity contribution >= 4 is 16.5 Å². The fraction of sp³-hybridized carbons (Fsp3) is 0.333. The third kappa shape index (κ3) is 3.25. The standard InChI is InChI=1S/C12H16N4S/c1-13-7-11-8-15-12(17-11)16(2)9-10-4-3-5-14-6-10/h3-6,8,13H,7,9H2,1-2H3. The van der Waals surface area contributed by atoms with Gasteiger partial charge >= 0.3 is 0 Å². The lowest BCUT2D eigenvalue weighted by Gasteiger charge is -2.15.